The summed E-state index contributed by atoms with van der Waals surface area (Å²) >= 11 is 0. The van der Waals surface area contributed by atoms with E-state index in [4.69, 9.17) is 0 Å². The number of carbonyl (C=O) groups excluding carboxylic acids is 4. The van der Waals surface area contributed by atoms with Gasteiger partial charge in [0.25, 0.3) is 0 Å². The molecule has 3 aliphatic heterocycles. The van der Waals surface area contributed by atoms with Crippen LogP contribution in [0, 0.1) is 11.8 Å². The number of amides is 4. The van der Waals surface area contributed by atoms with E-state index in [1.54, 1.807) is 36.4 Å². The maximum absolute atomic E-state index is 14.4. The molecule has 3 fully saturated rings. The summed E-state index contributed by atoms with van der Waals surface area (Å²) in [6.07, 6.45) is 3.69. The van der Waals surface area contributed by atoms with Gasteiger partial charge in [0.2, 0.25) is 23.6 Å². The van der Waals surface area contributed by atoms with Gasteiger partial charge < -0.3 is 14.9 Å². The van der Waals surface area contributed by atoms with Gasteiger partial charge in [0.1, 0.15) is 5.54 Å². The van der Waals surface area contributed by atoms with Gasteiger partial charge >= 0.3 is 0 Å². The molecule has 0 bridgehead atoms. The second kappa shape index (κ2) is 10.2. The summed E-state index contributed by atoms with van der Waals surface area (Å²) in [6.45, 7) is -0.591. The van der Waals surface area contributed by atoms with Crippen LogP contribution in [0.15, 0.2) is 97.1 Å². The zero-order valence-electron chi connectivity index (χ0n) is 21.8. The lowest BCUT2D eigenvalue weighted by atomic mass is 9.74. The van der Waals surface area contributed by atoms with Crippen LogP contribution in [-0.4, -0.2) is 69.8 Å². The smallest absolute Gasteiger partial charge is 0.250 e. The molecular weight excluding hydrogens is 506 g/mol. The summed E-state index contributed by atoms with van der Waals surface area (Å²) in [6, 6.07) is 26.6. The summed E-state index contributed by atoms with van der Waals surface area (Å²) in [5.74, 6) is -3.74. The highest BCUT2D eigenvalue weighted by molar-refractivity contribution is 6.25. The van der Waals surface area contributed by atoms with Crippen LogP contribution in [0.3, 0.4) is 0 Å². The molecule has 202 valence electrons. The lowest BCUT2D eigenvalue weighted by Gasteiger charge is -2.48. The highest BCUT2D eigenvalue weighted by Crippen LogP contribution is 2.53. The van der Waals surface area contributed by atoms with Crippen molar-refractivity contribution < 1.29 is 24.3 Å². The molecule has 8 heteroatoms. The predicted molar refractivity (Wildman–Crippen MR) is 149 cm³/mol. The van der Waals surface area contributed by atoms with Gasteiger partial charge in [-0.05, 0) is 23.3 Å². The Morgan fingerprint density at radius 3 is 2.10 bits per heavy atom. The second-order valence-electron chi connectivity index (χ2n) is 10.4. The number of fused-ring (bicyclic) bond motifs is 3. The molecule has 6 rings (SSSR count). The number of aliphatic hydroxyl groups excluding tert-OH is 1. The van der Waals surface area contributed by atoms with Crippen molar-refractivity contribution in [3.05, 3.63) is 108 Å². The molecule has 0 aliphatic carbocycles. The number of piperazine rings is 1. The third-order valence-electron chi connectivity index (χ3n) is 8.20. The molecule has 0 radical (unpaired) electrons. The first kappa shape index (κ1) is 25.7. The van der Waals surface area contributed by atoms with E-state index < -0.39 is 41.1 Å². The Morgan fingerprint density at radius 1 is 0.825 bits per heavy atom. The van der Waals surface area contributed by atoms with Crippen molar-refractivity contribution in [2.75, 3.05) is 24.6 Å². The van der Waals surface area contributed by atoms with E-state index in [2.05, 4.69) is 0 Å². The number of hydrogen-bond donors (Lipinski definition) is 1. The monoisotopic (exact) mass is 535 g/mol. The van der Waals surface area contributed by atoms with E-state index >= 15 is 0 Å². The van der Waals surface area contributed by atoms with Gasteiger partial charge in [-0.25, -0.2) is 4.90 Å². The number of hydrogen-bond acceptors (Lipinski definition) is 5. The number of rotatable bonds is 7. The summed E-state index contributed by atoms with van der Waals surface area (Å²) < 4.78 is 0. The van der Waals surface area contributed by atoms with Crippen LogP contribution in [-0.2, 0) is 25.6 Å². The Bertz CT molecular complexity index is 1480. The molecule has 8 nitrogen and oxygen atoms in total. The van der Waals surface area contributed by atoms with Crippen molar-refractivity contribution in [3.8, 4) is 0 Å². The highest BCUT2D eigenvalue weighted by atomic mass is 16.3. The van der Waals surface area contributed by atoms with Gasteiger partial charge in [0, 0.05) is 13.0 Å². The molecule has 4 atom stereocenters. The van der Waals surface area contributed by atoms with Crippen LogP contribution < -0.4 is 4.90 Å². The molecule has 3 saturated heterocycles. The number of benzene rings is 3. The Labute approximate surface area is 232 Å². The van der Waals surface area contributed by atoms with Gasteiger partial charge in [-0.2, -0.15) is 0 Å². The minimum Gasteiger partial charge on any atom is -0.395 e. The Hall–Kier alpha value is -4.56. The topological polar surface area (TPSA) is 98.2 Å². The minimum absolute atomic E-state index is 0.0403. The number of β-amino-alcohol motifs (C(OH)–C–C–N with tert-alkyl or cyclic N) is 1. The summed E-state index contributed by atoms with van der Waals surface area (Å²) in [5, 5.41) is 9.71. The van der Waals surface area contributed by atoms with Crippen molar-refractivity contribution in [2.24, 2.45) is 11.8 Å². The van der Waals surface area contributed by atoms with E-state index in [0.717, 1.165) is 11.1 Å². The molecule has 4 amide bonds. The fourth-order valence-electron chi connectivity index (χ4n) is 6.61. The zero-order chi connectivity index (χ0) is 27.9. The molecule has 0 spiro atoms. The van der Waals surface area contributed by atoms with Crippen molar-refractivity contribution in [1.29, 1.82) is 0 Å². The number of imide groups is 1. The van der Waals surface area contributed by atoms with Crippen LogP contribution in [0.5, 0.6) is 0 Å². The SMILES string of the molecule is O=C1[C@H]2[C@@H](/C=C/c3ccccc3)N3C(=O)CN(CCO)C(=O)[C@@]3(Cc3ccccc3)[C@H]2C(=O)N1c1ccccc1. The zero-order valence-corrected chi connectivity index (χ0v) is 21.8. The molecule has 3 aromatic rings. The van der Waals surface area contributed by atoms with E-state index in [9.17, 15) is 24.3 Å². The maximum Gasteiger partial charge on any atom is 0.250 e. The fourth-order valence-corrected chi connectivity index (χ4v) is 6.61. The first-order chi connectivity index (χ1) is 19.5. The third-order valence-corrected chi connectivity index (χ3v) is 8.20. The standard InChI is InChI=1S/C32H29N3O5/c36-19-18-33-21-26(37)35-25(17-16-22-10-4-1-5-11-22)27-28(30(39)34(29(27)38)24-14-8-3-9-15-24)32(35,31(33)40)20-23-12-6-2-7-13-23/h1-17,25,27-28,36H,18-21H2/b17-16+/t25-,27+,28-,32-/m1/s1. The molecular formula is C32H29N3O5. The van der Waals surface area contributed by atoms with Crippen LogP contribution in [0.25, 0.3) is 6.08 Å². The molecule has 40 heavy (non-hydrogen) atoms. The third kappa shape index (κ3) is 3.95. The largest absolute Gasteiger partial charge is 0.395 e. The maximum atomic E-state index is 14.4. The quantitative estimate of drug-likeness (QED) is 0.469. The minimum atomic E-state index is -1.63. The van der Waals surface area contributed by atoms with Crippen LogP contribution in [0.4, 0.5) is 5.69 Å². The molecule has 3 aliphatic rings. The first-order valence-corrected chi connectivity index (χ1v) is 13.4. The number of para-hydroxylation sites is 1. The Balaban J connectivity index is 1.55. The van der Waals surface area contributed by atoms with E-state index in [-0.39, 0.29) is 32.0 Å². The van der Waals surface area contributed by atoms with Crippen LogP contribution in [0.2, 0.25) is 0 Å². The second-order valence-corrected chi connectivity index (χ2v) is 10.4. The normalized spacial score (nSPS) is 26.1. The summed E-state index contributed by atoms with van der Waals surface area (Å²) in [4.78, 5) is 60.8. The van der Waals surface area contributed by atoms with Gasteiger partial charge in [0.15, 0.2) is 0 Å². The van der Waals surface area contributed by atoms with E-state index in [1.807, 2.05) is 66.7 Å². The van der Waals surface area contributed by atoms with Crippen LogP contribution in [0.1, 0.15) is 11.1 Å². The van der Waals surface area contributed by atoms with Gasteiger partial charge in [-0.3, -0.25) is 19.2 Å². The van der Waals surface area contributed by atoms with Crippen LogP contribution >= 0.6 is 0 Å². The molecule has 0 unspecified atom stereocenters. The average molecular weight is 536 g/mol. The molecule has 3 heterocycles. The highest BCUT2D eigenvalue weighted by Gasteiger charge is 2.74. The molecule has 0 saturated carbocycles. The van der Waals surface area contributed by atoms with Gasteiger partial charge in [-0.15, -0.1) is 0 Å². The Morgan fingerprint density at radius 2 is 1.45 bits per heavy atom. The first-order valence-electron chi connectivity index (χ1n) is 13.4. The van der Waals surface area contributed by atoms with E-state index in [1.165, 1.54) is 14.7 Å². The lowest BCUT2D eigenvalue weighted by molar-refractivity contribution is -0.167. The van der Waals surface area contributed by atoms with E-state index in [0.29, 0.717) is 5.69 Å². The lowest BCUT2D eigenvalue weighted by Crippen LogP contribution is -2.71. The Kier molecular flexibility index (Phi) is 6.56. The number of anilines is 1. The summed E-state index contributed by atoms with van der Waals surface area (Å²) in [7, 11) is 0. The summed E-state index contributed by atoms with van der Waals surface area (Å²) in [5.41, 5.74) is 0.442. The van der Waals surface area contributed by atoms with Crippen molar-refractivity contribution in [3.63, 3.8) is 0 Å². The average Bonchev–Trinajstić information content (AvgIpc) is 3.42. The fraction of sp³-hybridized carbons (Fsp3) is 0.250. The van der Waals surface area contributed by atoms with Crippen molar-refractivity contribution in [2.45, 2.75) is 18.0 Å². The van der Waals surface area contributed by atoms with Crippen molar-refractivity contribution >= 4 is 35.4 Å². The molecule has 1 N–H and O–H groups in total. The van der Waals surface area contributed by atoms with Gasteiger partial charge in [0.05, 0.1) is 36.7 Å². The molecule has 0 aromatic heterocycles. The molecule has 3 aromatic carbocycles. The van der Waals surface area contributed by atoms with Crippen molar-refractivity contribution in [1.82, 2.24) is 9.80 Å². The number of carbonyl (C=O) groups is 4. The predicted octanol–water partition coefficient (Wildman–Crippen LogP) is 2.53. The van der Waals surface area contributed by atoms with Gasteiger partial charge in [-0.1, -0.05) is 91.0 Å². The number of nitrogens with zero attached hydrogens (tertiary/aromatic N) is 3. The number of aliphatic hydroxyl groups is 1.